The molecule has 21 heavy (non-hydrogen) atoms. The van der Waals surface area contributed by atoms with Crippen LogP contribution in [0.25, 0.3) is 11.0 Å². The van der Waals surface area contributed by atoms with E-state index >= 15 is 0 Å². The first-order chi connectivity index (χ1) is 10.0. The average molecular weight is 306 g/mol. The maximum atomic E-state index is 12.3. The molecule has 0 aliphatic rings. The molecule has 0 saturated heterocycles. The van der Waals surface area contributed by atoms with E-state index in [9.17, 15) is 4.79 Å². The lowest BCUT2D eigenvalue weighted by Gasteiger charge is -2.12. The van der Waals surface area contributed by atoms with E-state index in [0.29, 0.717) is 27.8 Å². The molecular formula is C13H12ClN5O2. The number of aryl methyl sites for hydroxylation is 1. The van der Waals surface area contributed by atoms with Crippen LogP contribution in [0.3, 0.4) is 0 Å². The molecule has 0 spiro atoms. The quantitative estimate of drug-likeness (QED) is 0.801. The summed E-state index contributed by atoms with van der Waals surface area (Å²) in [6.45, 7) is 1.92. The van der Waals surface area contributed by atoms with Gasteiger partial charge in [0, 0.05) is 19.0 Å². The highest BCUT2D eigenvalue weighted by atomic mass is 35.5. The van der Waals surface area contributed by atoms with E-state index < -0.39 is 0 Å². The monoisotopic (exact) mass is 305 g/mol. The van der Waals surface area contributed by atoms with Crippen molar-refractivity contribution in [2.45, 2.75) is 13.5 Å². The van der Waals surface area contributed by atoms with Crippen molar-refractivity contribution in [2.24, 2.45) is 0 Å². The molecule has 0 atom stereocenters. The maximum absolute atomic E-state index is 12.3. The molecule has 8 heteroatoms. The first-order valence-corrected chi connectivity index (χ1v) is 6.60. The van der Waals surface area contributed by atoms with Gasteiger partial charge in [-0.2, -0.15) is 0 Å². The number of hydrogen-bond donors (Lipinski definition) is 1. The number of amides is 1. The average Bonchev–Trinajstić information content (AvgIpc) is 3.03. The Balaban J connectivity index is 1.82. The summed E-state index contributed by atoms with van der Waals surface area (Å²) in [5, 5.41) is 8.16. The molecule has 0 saturated carbocycles. The molecule has 7 nitrogen and oxygen atoms in total. The lowest BCUT2D eigenvalue weighted by molar-refractivity contribution is 0.0761. The SMILES string of the molecule is Cc1nnc(CN(C)C(=O)c2nc3ccc(Cl)cc3[nH]2)o1. The van der Waals surface area contributed by atoms with Gasteiger partial charge >= 0.3 is 0 Å². The minimum absolute atomic E-state index is 0.220. The van der Waals surface area contributed by atoms with E-state index in [1.165, 1.54) is 4.90 Å². The summed E-state index contributed by atoms with van der Waals surface area (Å²) < 4.78 is 5.25. The Morgan fingerprint density at radius 2 is 2.24 bits per heavy atom. The van der Waals surface area contributed by atoms with Gasteiger partial charge in [0.25, 0.3) is 5.91 Å². The summed E-state index contributed by atoms with van der Waals surface area (Å²) in [5.41, 5.74) is 1.40. The van der Waals surface area contributed by atoms with E-state index in [-0.39, 0.29) is 18.3 Å². The van der Waals surface area contributed by atoms with E-state index in [1.54, 1.807) is 32.2 Å². The molecule has 2 heterocycles. The highest BCUT2D eigenvalue weighted by Crippen LogP contribution is 2.18. The molecule has 3 rings (SSSR count). The van der Waals surface area contributed by atoms with E-state index in [0.717, 1.165) is 0 Å². The van der Waals surface area contributed by atoms with Gasteiger partial charge in [-0.15, -0.1) is 10.2 Å². The third-order valence-electron chi connectivity index (χ3n) is 2.93. The van der Waals surface area contributed by atoms with Gasteiger partial charge in [-0.1, -0.05) is 11.6 Å². The summed E-state index contributed by atoms with van der Waals surface area (Å²) >= 11 is 5.91. The van der Waals surface area contributed by atoms with Crippen LogP contribution in [0.1, 0.15) is 22.4 Å². The zero-order chi connectivity index (χ0) is 15.0. The van der Waals surface area contributed by atoms with E-state index in [2.05, 4.69) is 20.2 Å². The molecule has 0 aliphatic heterocycles. The number of rotatable bonds is 3. The zero-order valence-electron chi connectivity index (χ0n) is 11.4. The Bertz CT molecular complexity index is 810. The fourth-order valence-corrected chi connectivity index (χ4v) is 2.11. The van der Waals surface area contributed by atoms with Gasteiger partial charge in [0.1, 0.15) is 0 Å². The Hall–Kier alpha value is -2.41. The fraction of sp³-hybridized carbons (Fsp3) is 0.231. The lowest BCUT2D eigenvalue weighted by Crippen LogP contribution is -2.27. The van der Waals surface area contributed by atoms with Crippen LogP contribution in [0.5, 0.6) is 0 Å². The number of nitrogens with zero attached hydrogens (tertiary/aromatic N) is 4. The number of benzene rings is 1. The molecule has 1 N–H and O–H groups in total. The van der Waals surface area contributed by atoms with Crippen molar-refractivity contribution in [1.29, 1.82) is 0 Å². The minimum Gasteiger partial charge on any atom is -0.424 e. The number of carbonyl (C=O) groups is 1. The number of fused-ring (bicyclic) bond motifs is 1. The van der Waals surface area contributed by atoms with Crippen LogP contribution in [-0.4, -0.2) is 38.0 Å². The van der Waals surface area contributed by atoms with Crippen molar-refractivity contribution >= 4 is 28.5 Å². The first kappa shape index (κ1) is 13.6. The topological polar surface area (TPSA) is 87.9 Å². The van der Waals surface area contributed by atoms with Gasteiger partial charge in [-0.25, -0.2) is 4.98 Å². The second-order valence-corrected chi connectivity index (χ2v) is 5.06. The fourth-order valence-electron chi connectivity index (χ4n) is 1.94. The molecule has 1 aromatic carbocycles. The van der Waals surface area contributed by atoms with E-state index in [1.807, 2.05) is 0 Å². The molecule has 0 unspecified atom stereocenters. The van der Waals surface area contributed by atoms with Crippen LogP contribution in [0.2, 0.25) is 5.02 Å². The molecule has 2 aromatic heterocycles. The van der Waals surface area contributed by atoms with Crippen LogP contribution >= 0.6 is 11.6 Å². The van der Waals surface area contributed by atoms with Crippen molar-refractivity contribution in [3.8, 4) is 0 Å². The summed E-state index contributed by atoms with van der Waals surface area (Å²) in [5.74, 6) is 0.816. The predicted molar refractivity (Wildman–Crippen MR) is 75.9 cm³/mol. The summed E-state index contributed by atoms with van der Waals surface area (Å²) in [6.07, 6.45) is 0. The molecular weight excluding hydrogens is 294 g/mol. The second-order valence-electron chi connectivity index (χ2n) is 4.62. The van der Waals surface area contributed by atoms with E-state index in [4.69, 9.17) is 16.0 Å². The van der Waals surface area contributed by atoms with Crippen LogP contribution in [0.4, 0.5) is 0 Å². The number of aromatic amines is 1. The number of carbonyl (C=O) groups excluding carboxylic acids is 1. The number of aromatic nitrogens is 4. The number of halogens is 1. The summed E-state index contributed by atoms with van der Waals surface area (Å²) in [7, 11) is 1.64. The highest BCUT2D eigenvalue weighted by Gasteiger charge is 2.18. The van der Waals surface area contributed by atoms with Gasteiger partial charge in [0.2, 0.25) is 11.8 Å². The largest absolute Gasteiger partial charge is 0.424 e. The van der Waals surface area contributed by atoms with Gasteiger partial charge in [-0.3, -0.25) is 4.79 Å². The van der Waals surface area contributed by atoms with Crippen molar-refractivity contribution in [2.75, 3.05) is 7.05 Å². The molecule has 0 fully saturated rings. The Morgan fingerprint density at radius 1 is 1.43 bits per heavy atom. The predicted octanol–water partition coefficient (Wildman–Crippen LogP) is 2.18. The smallest absolute Gasteiger partial charge is 0.289 e. The number of imidazole rings is 1. The molecule has 0 radical (unpaired) electrons. The Kier molecular flexibility index (Phi) is 3.34. The normalized spacial score (nSPS) is 11.0. The number of H-pyrrole nitrogens is 1. The lowest BCUT2D eigenvalue weighted by atomic mass is 10.3. The zero-order valence-corrected chi connectivity index (χ0v) is 12.2. The van der Waals surface area contributed by atoms with Gasteiger partial charge in [-0.05, 0) is 18.2 Å². The number of nitrogens with one attached hydrogen (secondary N) is 1. The van der Waals surface area contributed by atoms with Crippen molar-refractivity contribution < 1.29 is 9.21 Å². The van der Waals surface area contributed by atoms with Gasteiger partial charge < -0.3 is 14.3 Å². The molecule has 0 bridgehead atoms. The first-order valence-electron chi connectivity index (χ1n) is 6.22. The summed E-state index contributed by atoms with van der Waals surface area (Å²) in [6, 6.07) is 5.21. The number of hydrogen-bond acceptors (Lipinski definition) is 5. The maximum Gasteiger partial charge on any atom is 0.289 e. The third-order valence-corrected chi connectivity index (χ3v) is 3.17. The van der Waals surface area contributed by atoms with Crippen molar-refractivity contribution in [1.82, 2.24) is 25.1 Å². The van der Waals surface area contributed by atoms with Crippen LogP contribution in [0.15, 0.2) is 22.6 Å². The van der Waals surface area contributed by atoms with Crippen LogP contribution in [0, 0.1) is 6.92 Å². The third kappa shape index (κ3) is 2.73. The van der Waals surface area contributed by atoms with Gasteiger partial charge in [0.15, 0.2) is 5.82 Å². The molecule has 0 aliphatic carbocycles. The highest BCUT2D eigenvalue weighted by molar-refractivity contribution is 6.31. The van der Waals surface area contributed by atoms with Crippen LogP contribution in [-0.2, 0) is 6.54 Å². The van der Waals surface area contributed by atoms with Gasteiger partial charge in [0.05, 0.1) is 17.6 Å². The van der Waals surface area contributed by atoms with Crippen LogP contribution < -0.4 is 0 Å². The summed E-state index contributed by atoms with van der Waals surface area (Å²) in [4.78, 5) is 21.0. The Morgan fingerprint density at radius 3 is 2.95 bits per heavy atom. The molecule has 3 aromatic rings. The standard InChI is InChI=1S/C13H12ClN5O2/c1-7-17-18-11(21-7)6-19(2)13(20)12-15-9-4-3-8(14)5-10(9)16-12/h3-5H,6H2,1-2H3,(H,15,16). The van der Waals surface area contributed by atoms with Crippen molar-refractivity contribution in [3.63, 3.8) is 0 Å². The Labute approximate surface area is 124 Å². The second kappa shape index (κ2) is 5.17. The molecule has 1 amide bonds. The van der Waals surface area contributed by atoms with Crippen molar-refractivity contribution in [3.05, 3.63) is 40.8 Å². The molecule has 108 valence electrons. The minimum atomic E-state index is -0.266.